The van der Waals surface area contributed by atoms with Gasteiger partial charge in [-0.3, -0.25) is 4.79 Å². The number of amides is 1. The van der Waals surface area contributed by atoms with Crippen molar-refractivity contribution in [3.63, 3.8) is 0 Å². The van der Waals surface area contributed by atoms with E-state index in [0.717, 1.165) is 0 Å². The highest BCUT2D eigenvalue weighted by Crippen LogP contribution is 2.25. The van der Waals surface area contributed by atoms with Crippen LogP contribution in [0.15, 0.2) is 23.1 Å². The van der Waals surface area contributed by atoms with Crippen LogP contribution in [0.3, 0.4) is 0 Å². The van der Waals surface area contributed by atoms with Crippen LogP contribution in [0, 0.1) is 0 Å². The molecule has 21 heavy (non-hydrogen) atoms. The molecule has 3 N–H and O–H groups in total. The molecule has 0 saturated carbocycles. The second-order valence-corrected chi connectivity index (χ2v) is 6.79. The summed E-state index contributed by atoms with van der Waals surface area (Å²) in [5, 5.41) is 3.14. The third-order valence-electron chi connectivity index (χ3n) is 3.48. The number of ether oxygens (including phenoxy) is 1. The van der Waals surface area contributed by atoms with Gasteiger partial charge in [0.15, 0.2) is 0 Å². The van der Waals surface area contributed by atoms with E-state index in [4.69, 9.17) is 10.5 Å². The van der Waals surface area contributed by atoms with E-state index in [-0.39, 0.29) is 22.3 Å². The predicted octanol–water partition coefficient (Wildman–Crippen LogP) is -0.223. The van der Waals surface area contributed by atoms with Crippen LogP contribution in [-0.4, -0.2) is 51.4 Å². The first kappa shape index (κ1) is 15.7. The molecule has 1 aromatic rings. The number of nitrogens with zero attached hydrogens (tertiary/aromatic N) is 1. The van der Waals surface area contributed by atoms with Crippen molar-refractivity contribution in [3.8, 4) is 5.75 Å². The Bertz CT molecular complexity index is 645. The number of piperazine rings is 1. The standard InChI is InChI=1S/C13H19N3O4S/c1-9-8-15-5-6-16(9)21(18,19)10-3-4-12(20-2)11(7-10)13(14)17/h3-4,7,9,15H,5-6,8H2,1-2H3,(H2,14,17). The van der Waals surface area contributed by atoms with E-state index < -0.39 is 15.9 Å². The van der Waals surface area contributed by atoms with Crippen molar-refractivity contribution in [3.05, 3.63) is 23.8 Å². The summed E-state index contributed by atoms with van der Waals surface area (Å²) in [6.07, 6.45) is 0. The first-order valence-electron chi connectivity index (χ1n) is 6.58. The summed E-state index contributed by atoms with van der Waals surface area (Å²) in [5.41, 5.74) is 5.33. The molecule has 0 aliphatic carbocycles. The lowest BCUT2D eigenvalue weighted by Gasteiger charge is -2.32. The van der Waals surface area contributed by atoms with Gasteiger partial charge >= 0.3 is 0 Å². The van der Waals surface area contributed by atoms with E-state index in [2.05, 4.69) is 5.32 Å². The summed E-state index contributed by atoms with van der Waals surface area (Å²) in [5.74, 6) is -0.466. The number of carbonyl (C=O) groups is 1. The number of nitrogens with one attached hydrogen (secondary N) is 1. The van der Waals surface area contributed by atoms with E-state index in [0.29, 0.717) is 19.6 Å². The highest BCUT2D eigenvalue weighted by atomic mass is 32.2. The summed E-state index contributed by atoms with van der Waals surface area (Å²) in [6.45, 7) is 3.42. The topological polar surface area (TPSA) is 102 Å². The van der Waals surface area contributed by atoms with Crippen LogP contribution in [0.5, 0.6) is 5.75 Å². The second kappa shape index (κ2) is 6.00. The third kappa shape index (κ3) is 3.02. The average molecular weight is 313 g/mol. The van der Waals surface area contributed by atoms with E-state index in [9.17, 15) is 13.2 Å². The fourth-order valence-electron chi connectivity index (χ4n) is 2.35. The molecule has 1 unspecified atom stereocenters. The van der Waals surface area contributed by atoms with Crippen molar-refractivity contribution in [1.82, 2.24) is 9.62 Å². The number of methoxy groups -OCH3 is 1. The molecule has 1 fully saturated rings. The quantitative estimate of drug-likeness (QED) is 0.800. The lowest BCUT2D eigenvalue weighted by molar-refractivity contribution is 0.0997. The zero-order valence-electron chi connectivity index (χ0n) is 12.0. The van der Waals surface area contributed by atoms with E-state index in [1.807, 2.05) is 6.92 Å². The maximum Gasteiger partial charge on any atom is 0.252 e. The Morgan fingerprint density at radius 1 is 1.48 bits per heavy atom. The summed E-state index contributed by atoms with van der Waals surface area (Å²) in [6, 6.07) is 3.99. The zero-order chi connectivity index (χ0) is 15.6. The molecule has 2 rings (SSSR count). The van der Waals surface area contributed by atoms with Crippen LogP contribution in [0.1, 0.15) is 17.3 Å². The minimum Gasteiger partial charge on any atom is -0.496 e. The van der Waals surface area contributed by atoms with Crippen LogP contribution in [-0.2, 0) is 10.0 Å². The van der Waals surface area contributed by atoms with Gasteiger partial charge in [0.05, 0.1) is 17.6 Å². The van der Waals surface area contributed by atoms with E-state index in [1.165, 1.54) is 29.6 Å². The summed E-state index contributed by atoms with van der Waals surface area (Å²) >= 11 is 0. The zero-order valence-corrected chi connectivity index (χ0v) is 12.8. The highest BCUT2D eigenvalue weighted by molar-refractivity contribution is 7.89. The maximum atomic E-state index is 12.7. The van der Waals surface area contributed by atoms with Gasteiger partial charge in [-0.15, -0.1) is 0 Å². The minimum absolute atomic E-state index is 0.0471. The number of benzene rings is 1. The number of hydrogen-bond acceptors (Lipinski definition) is 5. The largest absolute Gasteiger partial charge is 0.496 e. The van der Waals surface area contributed by atoms with Gasteiger partial charge in [0.25, 0.3) is 5.91 Å². The predicted molar refractivity (Wildman–Crippen MR) is 77.7 cm³/mol. The van der Waals surface area contributed by atoms with Crippen molar-refractivity contribution >= 4 is 15.9 Å². The number of nitrogens with two attached hydrogens (primary N) is 1. The lowest BCUT2D eigenvalue weighted by atomic mass is 10.2. The molecule has 0 bridgehead atoms. The van der Waals surface area contributed by atoms with Crippen LogP contribution in [0.2, 0.25) is 0 Å². The maximum absolute atomic E-state index is 12.7. The van der Waals surface area contributed by atoms with E-state index >= 15 is 0 Å². The fraction of sp³-hybridized carbons (Fsp3) is 0.462. The summed E-state index contributed by atoms with van der Waals surface area (Å²) in [4.78, 5) is 11.5. The number of carbonyl (C=O) groups excluding carboxylic acids is 1. The second-order valence-electron chi connectivity index (χ2n) is 4.90. The molecule has 8 heteroatoms. The first-order valence-corrected chi connectivity index (χ1v) is 8.02. The molecule has 1 heterocycles. The number of primary amides is 1. The molecule has 1 aliphatic heterocycles. The highest BCUT2D eigenvalue weighted by Gasteiger charge is 2.31. The van der Waals surface area contributed by atoms with Crippen LogP contribution < -0.4 is 15.8 Å². The molecule has 7 nitrogen and oxygen atoms in total. The lowest BCUT2D eigenvalue weighted by Crippen LogP contribution is -2.52. The van der Waals surface area contributed by atoms with Gasteiger partial charge < -0.3 is 15.8 Å². The molecule has 1 aliphatic rings. The normalized spacial score (nSPS) is 20.2. The van der Waals surface area contributed by atoms with Crippen molar-refractivity contribution < 1.29 is 17.9 Å². The van der Waals surface area contributed by atoms with Crippen molar-refractivity contribution in [1.29, 1.82) is 0 Å². The summed E-state index contributed by atoms with van der Waals surface area (Å²) in [7, 11) is -2.27. The molecule has 1 saturated heterocycles. The third-order valence-corrected chi connectivity index (χ3v) is 5.49. The van der Waals surface area contributed by atoms with Gasteiger partial charge in [0.1, 0.15) is 5.75 Å². The Balaban J connectivity index is 2.45. The minimum atomic E-state index is -3.66. The van der Waals surface area contributed by atoms with Crippen LogP contribution in [0.4, 0.5) is 0 Å². The molecule has 1 amide bonds. The molecular weight excluding hydrogens is 294 g/mol. The molecule has 0 aromatic heterocycles. The Morgan fingerprint density at radius 3 is 2.76 bits per heavy atom. The number of rotatable bonds is 4. The van der Waals surface area contributed by atoms with Gasteiger partial charge in [0.2, 0.25) is 10.0 Å². The van der Waals surface area contributed by atoms with Crippen LogP contribution >= 0.6 is 0 Å². The summed E-state index contributed by atoms with van der Waals surface area (Å²) < 4.78 is 31.8. The molecular formula is C13H19N3O4S. The van der Waals surface area contributed by atoms with Gasteiger partial charge in [0, 0.05) is 25.7 Å². The number of sulfonamides is 1. The number of hydrogen-bond donors (Lipinski definition) is 2. The SMILES string of the molecule is COc1ccc(S(=O)(=O)N2CCNCC2C)cc1C(N)=O. The molecule has 1 aromatic carbocycles. The molecule has 116 valence electrons. The molecule has 0 spiro atoms. The monoisotopic (exact) mass is 313 g/mol. The van der Waals surface area contributed by atoms with Crippen molar-refractivity contribution in [2.45, 2.75) is 17.9 Å². The van der Waals surface area contributed by atoms with Gasteiger partial charge in [-0.2, -0.15) is 4.31 Å². The van der Waals surface area contributed by atoms with Gasteiger partial charge in [-0.25, -0.2) is 8.42 Å². The van der Waals surface area contributed by atoms with E-state index in [1.54, 1.807) is 0 Å². The van der Waals surface area contributed by atoms with Crippen molar-refractivity contribution in [2.24, 2.45) is 5.73 Å². The fourth-order valence-corrected chi connectivity index (χ4v) is 4.01. The molecule has 1 atom stereocenters. The Labute approximate surface area is 124 Å². The Hall–Kier alpha value is -1.64. The Kier molecular flexibility index (Phi) is 4.50. The molecule has 0 radical (unpaired) electrons. The smallest absolute Gasteiger partial charge is 0.252 e. The Morgan fingerprint density at radius 2 is 2.19 bits per heavy atom. The first-order chi connectivity index (χ1) is 9.87. The van der Waals surface area contributed by atoms with Gasteiger partial charge in [-0.05, 0) is 25.1 Å². The van der Waals surface area contributed by atoms with Gasteiger partial charge in [-0.1, -0.05) is 0 Å². The van der Waals surface area contributed by atoms with Crippen LogP contribution in [0.25, 0.3) is 0 Å². The average Bonchev–Trinajstić information content (AvgIpc) is 2.46. The van der Waals surface area contributed by atoms with Crippen molar-refractivity contribution in [2.75, 3.05) is 26.7 Å².